The Kier molecular flexibility index (Phi) is 4.61. The molecule has 0 saturated heterocycles. The molecule has 1 aromatic carbocycles. The molecular formula is C14H18ClNO2. The van der Waals surface area contributed by atoms with Crippen molar-refractivity contribution in [3.8, 4) is 0 Å². The third-order valence-electron chi connectivity index (χ3n) is 3.46. The third-order valence-corrected chi connectivity index (χ3v) is 3.71. The van der Waals surface area contributed by atoms with Crippen LogP contribution in [0.4, 0.5) is 0 Å². The highest BCUT2D eigenvalue weighted by atomic mass is 35.5. The summed E-state index contributed by atoms with van der Waals surface area (Å²) in [6, 6.07) is 7.20. The fourth-order valence-electron chi connectivity index (χ4n) is 2.53. The van der Waals surface area contributed by atoms with Gasteiger partial charge in [0.15, 0.2) is 0 Å². The second-order valence-corrected chi connectivity index (χ2v) is 5.10. The molecule has 1 fully saturated rings. The number of carbonyl (C=O) groups excluding carboxylic acids is 1. The lowest BCUT2D eigenvalue weighted by atomic mass is 10.1. The summed E-state index contributed by atoms with van der Waals surface area (Å²) in [5.41, 5.74) is 0.639. The van der Waals surface area contributed by atoms with E-state index in [-0.39, 0.29) is 18.6 Å². The van der Waals surface area contributed by atoms with Gasteiger partial charge in [-0.05, 0) is 37.1 Å². The van der Waals surface area contributed by atoms with Gasteiger partial charge >= 0.3 is 0 Å². The second kappa shape index (κ2) is 6.21. The van der Waals surface area contributed by atoms with E-state index in [4.69, 9.17) is 16.7 Å². The first-order valence-electron chi connectivity index (χ1n) is 6.40. The summed E-state index contributed by atoms with van der Waals surface area (Å²) in [5, 5.41) is 9.75. The SMILES string of the molecule is O=C(c1ccc(Cl)cc1)N(CCO)C1CCCC1. The molecular weight excluding hydrogens is 250 g/mol. The molecule has 1 N–H and O–H groups in total. The molecule has 1 aliphatic rings. The molecule has 0 aliphatic heterocycles. The van der Waals surface area contributed by atoms with Gasteiger partial charge in [0.25, 0.3) is 5.91 Å². The predicted octanol–water partition coefficient (Wildman–Crippen LogP) is 2.72. The van der Waals surface area contributed by atoms with E-state index < -0.39 is 0 Å². The standard InChI is InChI=1S/C14H18ClNO2/c15-12-7-5-11(6-8-12)14(18)16(9-10-17)13-3-1-2-4-13/h5-8,13,17H,1-4,9-10H2. The van der Waals surface area contributed by atoms with Gasteiger partial charge < -0.3 is 10.0 Å². The highest BCUT2D eigenvalue weighted by Gasteiger charge is 2.26. The summed E-state index contributed by atoms with van der Waals surface area (Å²) < 4.78 is 0. The molecule has 18 heavy (non-hydrogen) atoms. The molecule has 0 unspecified atom stereocenters. The van der Waals surface area contributed by atoms with Crippen LogP contribution >= 0.6 is 11.6 Å². The first kappa shape index (κ1) is 13.4. The molecule has 2 rings (SSSR count). The maximum absolute atomic E-state index is 12.4. The molecule has 1 aromatic rings. The Morgan fingerprint density at radius 3 is 2.44 bits per heavy atom. The number of hydrogen-bond acceptors (Lipinski definition) is 2. The Morgan fingerprint density at radius 2 is 1.89 bits per heavy atom. The van der Waals surface area contributed by atoms with Crippen LogP contribution < -0.4 is 0 Å². The van der Waals surface area contributed by atoms with Gasteiger partial charge in [0.05, 0.1) is 6.61 Å². The average molecular weight is 268 g/mol. The molecule has 0 atom stereocenters. The van der Waals surface area contributed by atoms with Gasteiger partial charge in [-0.3, -0.25) is 4.79 Å². The van der Waals surface area contributed by atoms with Crippen LogP contribution in [0.25, 0.3) is 0 Å². The molecule has 0 spiro atoms. The quantitative estimate of drug-likeness (QED) is 0.911. The number of rotatable bonds is 4. The molecule has 1 saturated carbocycles. The van der Waals surface area contributed by atoms with Crippen molar-refractivity contribution in [3.63, 3.8) is 0 Å². The first-order valence-corrected chi connectivity index (χ1v) is 6.77. The van der Waals surface area contributed by atoms with Crippen LogP contribution in [0.1, 0.15) is 36.0 Å². The fourth-order valence-corrected chi connectivity index (χ4v) is 2.66. The van der Waals surface area contributed by atoms with E-state index in [0.717, 1.165) is 12.8 Å². The van der Waals surface area contributed by atoms with E-state index in [0.29, 0.717) is 17.1 Å². The average Bonchev–Trinajstić information content (AvgIpc) is 2.90. The van der Waals surface area contributed by atoms with E-state index in [1.807, 2.05) is 0 Å². The monoisotopic (exact) mass is 267 g/mol. The molecule has 3 nitrogen and oxygen atoms in total. The molecule has 1 aliphatic carbocycles. The van der Waals surface area contributed by atoms with Crippen LogP contribution in [-0.4, -0.2) is 35.1 Å². The number of amides is 1. The van der Waals surface area contributed by atoms with Crippen molar-refractivity contribution < 1.29 is 9.90 Å². The third kappa shape index (κ3) is 3.03. The van der Waals surface area contributed by atoms with Crippen molar-refractivity contribution in [2.75, 3.05) is 13.2 Å². The Labute approximate surface area is 112 Å². The summed E-state index contributed by atoms with van der Waals surface area (Å²) in [6.45, 7) is 0.419. The number of benzene rings is 1. The minimum absolute atomic E-state index is 0.00684. The summed E-state index contributed by atoms with van der Waals surface area (Å²) in [5.74, 6) is -0.00684. The molecule has 0 bridgehead atoms. The van der Waals surface area contributed by atoms with Gasteiger partial charge in [0.2, 0.25) is 0 Å². The molecule has 0 aromatic heterocycles. The van der Waals surface area contributed by atoms with E-state index in [1.54, 1.807) is 29.2 Å². The van der Waals surface area contributed by atoms with E-state index in [9.17, 15) is 4.79 Å². The smallest absolute Gasteiger partial charge is 0.254 e. The van der Waals surface area contributed by atoms with Crippen molar-refractivity contribution in [2.24, 2.45) is 0 Å². The van der Waals surface area contributed by atoms with Gasteiger partial charge in [0, 0.05) is 23.2 Å². The van der Waals surface area contributed by atoms with Gasteiger partial charge in [-0.2, -0.15) is 0 Å². The predicted molar refractivity (Wildman–Crippen MR) is 71.8 cm³/mol. The van der Waals surface area contributed by atoms with Crippen molar-refractivity contribution in [1.29, 1.82) is 0 Å². The van der Waals surface area contributed by atoms with Gasteiger partial charge in [-0.25, -0.2) is 0 Å². The lowest BCUT2D eigenvalue weighted by Gasteiger charge is -2.28. The van der Waals surface area contributed by atoms with E-state index in [2.05, 4.69) is 0 Å². The number of aliphatic hydroxyl groups excluding tert-OH is 1. The van der Waals surface area contributed by atoms with Crippen molar-refractivity contribution in [1.82, 2.24) is 4.90 Å². The zero-order chi connectivity index (χ0) is 13.0. The summed E-state index contributed by atoms with van der Waals surface area (Å²) in [6.07, 6.45) is 4.42. The Balaban J connectivity index is 2.14. The summed E-state index contributed by atoms with van der Waals surface area (Å²) >= 11 is 5.82. The Morgan fingerprint density at radius 1 is 1.28 bits per heavy atom. The molecule has 1 amide bonds. The Hall–Kier alpha value is -1.06. The zero-order valence-electron chi connectivity index (χ0n) is 10.3. The molecule has 0 radical (unpaired) electrons. The number of aliphatic hydroxyl groups is 1. The van der Waals surface area contributed by atoms with Crippen LogP contribution in [0.2, 0.25) is 5.02 Å². The highest BCUT2D eigenvalue weighted by molar-refractivity contribution is 6.30. The van der Waals surface area contributed by atoms with Crippen LogP contribution in [0, 0.1) is 0 Å². The maximum Gasteiger partial charge on any atom is 0.254 e. The van der Waals surface area contributed by atoms with E-state index >= 15 is 0 Å². The molecule has 0 heterocycles. The van der Waals surface area contributed by atoms with Crippen LogP contribution in [-0.2, 0) is 0 Å². The van der Waals surface area contributed by atoms with Crippen LogP contribution in [0.3, 0.4) is 0 Å². The molecule has 98 valence electrons. The zero-order valence-corrected chi connectivity index (χ0v) is 11.1. The number of carbonyl (C=O) groups is 1. The van der Waals surface area contributed by atoms with Crippen molar-refractivity contribution in [2.45, 2.75) is 31.7 Å². The first-order chi connectivity index (χ1) is 8.72. The van der Waals surface area contributed by atoms with Gasteiger partial charge in [0.1, 0.15) is 0 Å². The minimum Gasteiger partial charge on any atom is -0.395 e. The summed E-state index contributed by atoms with van der Waals surface area (Å²) in [7, 11) is 0. The van der Waals surface area contributed by atoms with Gasteiger partial charge in [-0.15, -0.1) is 0 Å². The topological polar surface area (TPSA) is 40.5 Å². The summed E-state index contributed by atoms with van der Waals surface area (Å²) in [4.78, 5) is 14.2. The van der Waals surface area contributed by atoms with E-state index in [1.165, 1.54) is 12.8 Å². The molecule has 4 heteroatoms. The lowest BCUT2D eigenvalue weighted by Crippen LogP contribution is -2.40. The lowest BCUT2D eigenvalue weighted by molar-refractivity contribution is 0.0638. The normalized spacial score (nSPS) is 15.9. The number of hydrogen-bond donors (Lipinski definition) is 1. The maximum atomic E-state index is 12.4. The second-order valence-electron chi connectivity index (χ2n) is 4.67. The van der Waals surface area contributed by atoms with Gasteiger partial charge in [-0.1, -0.05) is 24.4 Å². The number of halogens is 1. The highest BCUT2D eigenvalue weighted by Crippen LogP contribution is 2.25. The fraction of sp³-hybridized carbons (Fsp3) is 0.500. The Bertz CT molecular complexity index is 399. The minimum atomic E-state index is -0.00684. The van der Waals surface area contributed by atoms with Crippen LogP contribution in [0.5, 0.6) is 0 Å². The van der Waals surface area contributed by atoms with Crippen LogP contribution in [0.15, 0.2) is 24.3 Å². The largest absolute Gasteiger partial charge is 0.395 e. The van der Waals surface area contributed by atoms with Crippen molar-refractivity contribution >= 4 is 17.5 Å². The van der Waals surface area contributed by atoms with Crippen molar-refractivity contribution in [3.05, 3.63) is 34.9 Å². The number of nitrogens with zero attached hydrogens (tertiary/aromatic N) is 1.